The van der Waals surface area contributed by atoms with Crippen LogP contribution in [0.5, 0.6) is 5.75 Å². The van der Waals surface area contributed by atoms with Crippen molar-refractivity contribution in [2.75, 3.05) is 26.0 Å². The van der Waals surface area contributed by atoms with E-state index >= 15 is 0 Å². The summed E-state index contributed by atoms with van der Waals surface area (Å²) in [4.78, 5) is 55.7. The highest BCUT2D eigenvalue weighted by Crippen LogP contribution is 2.29. The number of carbonyl (C=O) groups excluding carboxylic acids is 2. The molecule has 2 aromatic heterocycles. The summed E-state index contributed by atoms with van der Waals surface area (Å²) in [6, 6.07) is 12.3. The van der Waals surface area contributed by atoms with E-state index in [2.05, 4.69) is 5.32 Å². The lowest BCUT2D eigenvalue weighted by Crippen LogP contribution is -2.40. The van der Waals surface area contributed by atoms with Gasteiger partial charge in [0, 0.05) is 14.1 Å². The Labute approximate surface area is 223 Å². The van der Waals surface area contributed by atoms with Crippen molar-refractivity contribution < 1.29 is 14.3 Å². The first-order valence-electron chi connectivity index (χ1n) is 12.1. The molecule has 0 bridgehead atoms. The topological polar surface area (TPSA) is 103 Å². The number of benzene rings is 2. The van der Waals surface area contributed by atoms with E-state index in [0.717, 1.165) is 27.0 Å². The molecule has 0 radical (unpaired) electrons. The fraction of sp³-hybridized carbons (Fsp3) is 0.286. The van der Waals surface area contributed by atoms with E-state index in [1.54, 1.807) is 57.4 Å². The number of hydrogen-bond donors (Lipinski definition) is 1. The van der Waals surface area contributed by atoms with Crippen molar-refractivity contribution in [2.24, 2.45) is 0 Å². The number of carbonyl (C=O) groups is 2. The van der Waals surface area contributed by atoms with Crippen LogP contribution in [0.3, 0.4) is 0 Å². The van der Waals surface area contributed by atoms with Crippen LogP contribution < -0.4 is 21.3 Å². The van der Waals surface area contributed by atoms with Gasteiger partial charge in [-0.2, -0.15) is 0 Å². The summed E-state index contributed by atoms with van der Waals surface area (Å²) in [5.74, 6) is -0.251. The van der Waals surface area contributed by atoms with Gasteiger partial charge in [0.2, 0.25) is 5.91 Å². The van der Waals surface area contributed by atoms with E-state index in [9.17, 15) is 19.2 Å². The Balaban J connectivity index is 1.92. The Morgan fingerprint density at radius 3 is 2.39 bits per heavy atom. The molecule has 0 aliphatic carbocycles. The molecule has 0 saturated carbocycles. The van der Waals surface area contributed by atoms with E-state index in [4.69, 9.17) is 4.74 Å². The highest BCUT2D eigenvalue weighted by molar-refractivity contribution is 7.20. The largest absolute Gasteiger partial charge is 0.492 e. The zero-order valence-corrected chi connectivity index (χ0v) is 23.1. The maximum atomic E-state index is 13.8. The summed E-state index contributed by atoms with van der Waals surface area (Å²) in [5, 5.41) is 3.04. The first-order chi connectivity index (χ1) is 18.0. The van der Waals surface area contributed by atoms with Crippen molar-refractivity contribution in [3.05, 3.63) is 84.9 Å². The monoisotopic (exact) mass is 534 g/mol. The van der Waals surface area contributed by atoms with Gasteiger partial charge in [-0.15, -0.1) is 11.3 Å². The van der Waals surface area contributed by atoms with Crippen molar-refractivity contribution in [3.63, 3.8) is 0 Å². The first kappa shape index (κ1) is 26.9. The van der Waals surface area contributed by atoms with Gasteiger partial charge in [-0.25, -0.2) is 9.36 Å². The van der Waals surface area contributed by atoms with E-state index < -0.39 is 17.2 Å². The molecule has 10 heteroatoms. The average molecular weight is 535 g/mol. The quantitative estimate of drug-likeness (QED) is 0.388. The zero-order valence-electron chi connectivity index (χ0n) is 22.2. The molecule has 4 rings (SSSR count). The number of nitrogens with zero attached hydrogens (tertiary/aromatic N) is 3. The second-order valence-corrected chi connectivity index (χ2v) is 10.2. The molecule has 9 nitrogen and oxygen atoms in total. The van der Waals surface area contributed by atoms with E-state index in [1.165, 1.54) is 9.47 Å². The maximum absolute atomic E-state index is 13.8. The smallest absolute Gasteiger partial charge is 0.337 e. The SMILES string of the molecule is CCOc1ccccc1NC(=O)Cn1c(=O)n(-c2ccc(C)c(C)c2)c(=O)c2c(C)c(C(=O)N(C)C)sc21. The van der Waals surface area contributed by atoms with Crippen molar-refractivity contribution in [3.8, 4) is 11.4 Å². The standard InChI is InChI=1S/C28H30N4O5S/c1-7-37-21-11-9-8-10-20(21)29-22(33)15-31-27-23(18(4)24(38-27)26(35)30(5)6)25(34)32(28(31)36)19-13-12-16(2)17(3)14-19/h8-14H,7,15H2,1-6H3,(H,29,33). The summed E-state index contributed by atoms with van der Waals surface area (Å²) < 4.78 is 7.92. The molecule has 0 saturated heterocycles. The van der Waals surface area contributed by atoms with Crippen LogP contribution in [0.25, 0.3) is 15.9 Å². The molecule has 38 heavy (non-hydrogen) atoms. The van der Waals surface area contributed by atoms with Gasteiger partial charge in [-0.1, -0.05) is 18.2 Å². The summed E-state index contributed by atoms with van der Waals surface area (Å²) in [6.45, 7) is 7.43. The van der Waals surface area contributed by atoms with Crippen LogP contribution in [0.1, 0.15) is 33.3 Å². The van der Waals surface area contributed by atoms with E-state index in [1.807, 2.05) is 26.8 Å². The molecular formula is C28H30N4O5S. The number of nitrogens with one attached hydrogen (secondary N) is 1. The van der Waals surface area contributed by atoms with Gasteiger partial charge < -0.3 is 15.0 Å². The minimum absolute atomic E-state index is 0.237. The molecule has 0 spiro atoms. The van der Waals surface area contributed by atoms with Gasteiger partial charge in [0.05, 0.1) is 28.2 Å². The predicted octanol–water partition coefficient (Wildman–Crippen LogP) is 3.88. The Kier molecular flexibility index (Phi) is 7.54. The Morgan fingerprint density at radius 1 is 1.03 bits per heavy atom. The molecule has 0 atom stereocenters. The van der Waals surface area contributed by atoms with E-state index in [-0.39, 0.29) is 22.7 Å². The number of fused-ring (bicyclic) bond motifs is 1. The van der Waals surface area contributed by atoms with Crippen LogP contribution in [-0.2, 0) is 11.3 Å². The molecular weight excluding hydrogens is 504 g/mol. The number of aromatic nitrogens is 2. The summed E-state index contributed by atoms with van der Waals surface area (Å²) in [6.07, 6.45) is 0. The van der Waals surface area contributed by atoms with Crippen LogP contribution in [0.15, 0.2) is 52.1 Å². The number of anilines is 1. The van der Waals surface area contributed by atoms with Gasteiger partial charge in [0.15, 0.2) is 0 Å². The number of thiophene rings is 1. The van der Waals surface area contributed by atoms with Crippen LogP contribution in [0.2, 0.25) is 0 Å². The second-order valence-electron chi connectivity index (χ2n) is 9.19. The highest BCUT2D eigenvalue weighted by atomic mass is 32.1. The lowest BCUT2D eigenvalue weighted by Gasteiger charge is -2.14. The fourth-order valence-corrected chi connectivity index (χ4v) is 5.48. The molecule has 1 N–H and O–H groups in total. The maximum Gasteiger partial charge on any atom is 0.337 e. The van der Waals surface area contributed by atoms with Crippen molar-refractivity contribution in [1.29, 1.82) is 0 Å². The first-order valence-corrected chi connectivity index (χ1v) is 13.0. The lowest BCUT2D eigenvalue weighted by atomic mass is 10.1. The molecule has 2 heterocycles. The zero-order chi connectivity index (χ0) is 27.7. The Bertz CT molecular complexity index is 1680. The van der Waals surface area contributed by atoms with Crippen LogP contribution in [0.4, 0.5) is 5.69 Å². The number of amides is 2. The summed E-state index contributed by atoms with van der Waals surface area (Å²) >= 11 is 1.04. The normalized spacial score (nSPS) is 11.0. The molecule has 0 unspecified atom stereocenters. The average Bonchev–Trinajstić information content (AvgIpc) is 3.22. The summed E-state index contributed by atoms with van der Waals surface area (Å²) in [5.41, 5.74) is 2.07. The van der Waals surface area contributed by atoms with Gasteiger partial charge in [0.1, 0.15) is 17.1 Å². The van der Waals surface area contributed by atoms with Crippen molar-refractivity contribution in [1.82, 2.24) is 14.0 Å². The van der Waals surface area contributed by atoms with Crippen LogP contribution in [-0.4, -0.2) is 46.6 Å². The number of hydrogen-bond acceptors (Lipinski definition) is 6. The third kappa shape index (κ3) is 4.87. The minimum atomic E-state index is -0.663. The number of para-hydroxylation sites is 2. The third-order valence-corrected chi connectivity index (χ3v) is 7.63. The molecule has 2 aromatic carbocycles. The molecule has 198 valence electrons. The van der Waals surface area contributed by atoms with Gasteiger partial charge in [-0.05, 0) is 68.7 Å². The fourth-order valence-electron chi connectivity index (χ4n) is 4.17. The highest BCUT2D eigenvalue weighted by Gasteiger charge is 2.25. The molecule has 4 aromatic rings. The Morgan fingerprint density at radius 2 is 1.74 bits per heavy atom. The van der Waals surface area contributed by atoms with Gasteiger partial charge >= 0.3 is 5.69 Å². The third-order valence-electron chi connectivity index (χ3n) is 6.32. The molecule has 0 fully saturated rings. The van der Waals surface area contributed by atoms with Crippen LogP contribution in [0, 0.1) is 20.8 Å². The Hall–Kier alpha value is -4.18. The van der Waals surface area contributed by atoms with Crippen LogP contribution >= 0.6 is 11.3 Å². The lowest BCUT2D eigenvalue weighted by molar-refractivity contribution is -0.116. The number of aryl methyl sites for hydroxylation is 3. The van der Waals surface area contributed by atoms with Crippen molar-refractivity contribution >= 4 is 39.1 Å². The van der Waals surface area contributed by atoms with E-state index in [0.29, 0.717) is 34.2 Å². The van der Waals surface area contributed by atoms with Gasteiger partial charge in [0.25, 0.3) is 11.5 Å². The molecule has 2 amide bonds. The molecule has 0 aliphatic rings. The second kappa shape index (κ2) is 10.7. The number of ether oxygens (including phenoxy) is 1. The van der Waals surface area contributed by atoms with Gasteiger partial charge in [-0.3, -0.25) is 19.0 Å². The van der Waals surface area contributed by atoms with Crippen molar-refractivity contribution in [2.45, 2.75) is 34.2 Å². The number of rotatable bonds is 7. The molecule has 0 aliphatic heterocycles. The minimum Gasteiger partial charge on any atom is -0.492 e. The predicted molar refractivity (Wildman–Crippen MR) is 150 cm³/mol. The summed E-state index contributed by atoms with van der Waals surface area (Å²) in [7, 11) is 3.24.